The molecular formula is C26H36N2O7. The number of hydrogen-bond acceptors (Lipinski definition) is 8. The standard InChI is InChI=1S/C26H36N2O7/c1-30-21-9-7-19(16-23(21)32-3)20(28-12-14-35-15-13-28)17-27-24(29)11-8-18-6-10-22(31-2)26(34-5)25(18)33-4/h6-7,9-10,16,20H,8,11-15,17H2,1-5H3,(H,27,29). The van der Waals surface area contributed by atoms with Gasteiger partial charge in [0.1, 0.15) is 0 Å². The van der Waals surface area contributed by atoms with Crippen molar-refractivity contribution in [2.24, 2.45) is 0 Å². The molecule has 0 bridgehead atoms. The lowest BCUT2D eigenvalue weighted by molar-refractivity contribution is -0.121. The molecule has 1 fully saturated rings. The van der Waals surface area contributed by atoms with Crippen LogP contribution in [0.1, 0.15) is 23.6 Å². The number of carbonyl (C=O) groups excluding carboxylic acids is 1. The van der Waals surface area contributed by atoms with Crippen LogP contribution in [0.25, 0.3) is 0 Å². The van der Waals surface area contributed by atoms with Crippen molar-refractivity contribution in [3.63, 3.8) is 0 Å². The summed E-state index contributed by atoms with van der Waals surface area (Å²) in [5.74, 6) is 2.98. The van der Waals surface area contributed by atoms with Gasteiger partial charge in [-0.3, -0.25) is 9.69 Å². The van der Waals surface area contributed by atoms with Crippen LogP contribution in [0.3, 0.4) is 0 Å². The zero-order chi connectivity index (χ0) is 25.2. The molecule has 1 saturated heterocycles. The monoisotopic (exact) mass is 488 g/mol. The summed E-state index contributed by atoms with van der Waals surface area (Å²) in [7, 11) is 7.96. The van der Waals surface area contributed by atoms with E-state index in [4.69, 9.17) is 28.4 Å². The fraction of sp³-hybridized carbons (Fsp3) is 0.500. The number of hydrogen-bond donors (Lipinski definition) is 1. The predicted molar refractivity (Wildman–Crippen MR) is 132 cm³/mol. The normalized spacial score (nSPS) is 14.7. The van der Waals surface area contributed by atoms with E-state index in [-0.39, 0.29) is 11.9 Å². The summed E-state index contributed by atoms with van der Waals surface area (Å²) in [4.78, 5) is 15.2. The minimum absolute atomic E-state index is 0.0155. The Bertz CT molecular complexity index is 976. The lowest BCUT2D eigenvalue weighted by Gasteiger charge is -2.35. The van der Waals surface area contributed by atoms with Gasteiger partial charge < -0.3 is 33.7 Å². The summed E-state index contributed by atoms with van der Waals surface area (Å²) < 4.78 is 32.7. The van der Waals surface area contributed by atoms with Gasteiger partial charge in [-0.1, -0.05) is 12.1 Å². The molecule has 2 aromatic carbocycles. The second-order valence-electron chi connectivity index (χ2n) is 8.08. The lowest BCUT2D eigenvalue weighted by Crippen LogP contribution is -2.43. The Morgan fingerprint density at radius 1 is 0.886 bits per heavy atom. The van der Waals surface area contributed by atoms with E-state index < -0.39 is 0 Å². The van der Waals surface area contributed by atoms with Gasteiger partial charge in [-0.2, -0.15) is 0 Å². The summed E-state index contributed by atoms with van der Waals surface area (Å²) in [6.45, 7) is 3.38. The van der Waals surface area contributed by atoms with Crippen LogP contribution in [-0.2, 0) is 16.0 Å². The number of carbonyl (C=O) groups is 1. The Balaban J connectivity index is 1.69. The predicted octanol–water partition coefficient (Wildman–Crippen LogP) is 2.85. The molecule has 0 aliphatic carbocycles. The maximum absolute atomic E-state index is 12.8. The van der Waals surface area contributed by atoms with Crippen LogP contribution in [0.4, 0.5) is 0 Å². The molecule has 1 aliphatic rings. The number of ether oxygens (including phenoxy) is 6. The SMILES string of the molecule is COc1ccc(C(CNC(=O)CCc2ccc(OC)c(OC)c2OC)N2CCOCC2)cc1OC. The Morgan fingerprint density at radius 2 is 1.54 bits per heavy atom. The Morgan fingerprint density at radius 3 is 2.17 bits per heavy atom. The fourth-order valence-electron chi connectivity index (χ4n) is 4.31. The van der Waals surface area contributed by atoms with Crippen molar-refractivity contribution in [3.8, 4) is 28.7 Å². The zero-order valence-electron chi connectivity index (χ0n) is 21.2. The number of nitrogens with zero attached hydrogens (tertiary/aromatic N) is 1. The van der Waals surface area contributed by atoms with Crippen LogP contribution in [0, 0.1) is 0 Å². The smallest absolute Gasteiger partial charge is 0.220 e. The number of methoxy groups -OCH3 is 5. The number of morpholine rings is 1. The van der Waals surface area contributed by atoms with Gasteiger partial charge in [0.25, 0.3) is 0 Å². The van der Waals surface area contributed by atoms with Crippen molar-refractivity contribution >= 4 is 5.91 Å². The molecule has 1 heterocycles. The Labute approximate surface area is 207 Å². The van der Waals surface area contributed by atoms with E-state index in [0.717, 1.165) is 24.2 Å². The third kappa shape index (κ3) is 6.49. The fourth-order valence-corrected chi connectivity index (χ4v) is 4.31. The van der Waals surface area contributed by atoms with E-state index >= 15 is 0 Å². The molecule has 0 radical (unpaired) electrons. The van der Waals surface area contributed by atoms with E-state index in [2.05, 4.69) is 10.2 Å². The summed E-state index contributed by atoms with van der Waals surface area (Å²) in [5, 5.41) is 3.11. The van der Waals surface area contributed by atoms with Crippen LogP contribution >= 0.6 is 0 Å². The van der Waals surface area contributed by atoms with Crippen molar-refractivity contribution in [2.75, 3.05) is 68.4 Å². The molecule has 9 heteroatoms. The second-order valence-corrected chi connectivity index (χ2v) is 8.08. The first-order chi connectivity index (χ1) is 17.1. The van der Waals surface area contributed by atoms with Crippen LogP contribution in [0.5, 0.6) is 28.7 Å². The molecule has 0 saturated carbocycles. The molecule has 3 rings (SSSR count). The van der Waals surface area contributed by atoms with Crippen LogP contribution in [-0.4, -0.2) is 79.2 Å². The highest BCUT2D eigenvalue weighted by molar-refractivity contribution is 5.76. The minimum atomic E-state index is -0.0411. The molecule has 1 amide bonds. The van der Waals surface area contributed by atoms with Crippen molar-refractivity contribution in [3.05, 3.63) is 41.5 Å². The molecule has 1 atom stereocenters. The third-order valence-corrected chi connectivity index (χ3v) is 6.18. The second kappa shape index (κ2) is 13.1. The van der Waals surface area contributed by atoms with E-state index in [9.17, 15) is 4.79 Å². The molecule has 9 nitrogen and oxygen atoms in total. The van der Waals surface area contributed by atoms with Crippen LogP contribution in [0.15, 0.2) is 30.3 Å². The van der Waals surface area contributed by atoms with Gasteiger partial charge >= 0.3 is 0 Å². The van der Waals surface area contributed by atoms with Gasteiger partial charge in [0.2, 0.25) is 11.7 Å². The van der Waals surface area contributed by atoms with Gasteiger partial charge in [0.15, 0.2) is 23.0 Å². The van der Waals surface area contributed by atoms with Gasteiger partial charge in [-0.15, -0.1) is 0 Å². The third-order valence-electron chi connectivity index (χ3n) is 6.18. The van der Waals surface area contributed by atoms with E-state index in [1.54, 1.807) is 35.5 Å². The molecule has 0 aromatic heterocycles. The number of amides is 1. The Kier molecular flexibility index (Phi) is 9.86. The lowest BCUT2D eigenvalue weighted by atomic mass is 10.0. The number of nitrogens with one attached hydrogen (secondary N) is 1. The minimum Gasteiger partial charge on any atom is -0.493 e. The van der Waals surface area contributed by atoms with Gasteiger partial charge in [0, 0.05) is 26.1 Å². The summed E-state index contributed by atoms with van der Waals surface area (Å²) in [6.07, 6.45) is 0.821. The topological polar surface area (TPSA) is 87.7 Å². The molecule has 2 aromatic rings. The van der Waals surface area contributed by atoms with Gasteiger partial charge in [-0.25, -0.2) is 0 Å². The first-order valence-electron chi connectivity index (χ1n) is 11.6. The van der Waals surface area contributed by atoms with Gasteiger partial charge in [0.05, 0.1) is 54.8 Å². The van der Waals surface area contributed by atoms with Crippen molar-refractivity contribution in [2.45, 2.75) is 18.9 Å². The Hall–Kier alpha value is -3.17. The molecule has 192 valence electrons. The largest absolute Gasteiger partial charge is 0.493 e. The molecule has 1 unspecified atom stereocenters. The molecule has 35 heavy (non-hydrogen) atoms. The average Bonchev–Trinajstić information content (AvgIpc) is 2.91. The molecule has 1 aliphatic heterocycles. The van der Waals surface area contributed by atoms with E-state index in [1.807, 2.05) is 30.3 Å². The summed E-state index contributed by atoms with van der Waals surface area (Å²) >= 11 is 0. The number of benzene rings is 2. The van der Waals surface area contributed by atoms with Gasteiger partial charge in [-0.05, 0) is 35.7 Å². The quantitative estimate of drug-likeness (QED) is 0.488. The first kappa shape index (κ1) is 26.4. The summed E-state index contributed by atoms with van der Waals surface area (Å²) in [6, 6.07) is 9.58. The van der Waals surface area contributed by atoms with Crippen molar-refractivity contribution in [1.29, 1.82) is 0 Å². The number of aryl methyl sites for hydroxylation is 1. The maximum atomic E-state index is 12.8. The maximum Gasteiger partial charge on any atom is 0.220 e. The average molecular weight is 489 g/mol. The van der Waals surface area contributed by atoms with Crippen LogP contribution < -0.4 is 29.0 Å². The van der Waals surface area contributed by atoms with Crippen LogP contribution in [0.2, 0.25) is 0 Å². The highest BCUT2D eigenvalue weighted by Gasteiger charge is 2.24. The number of rotatable bonds is 12. The zero-order valence-corrected chi connectivity index (χ0v) is 21.2. The molecule has 0 spiro atoms. The molecule has 1 N–H and O–H groups in total. The molecular weight excluding hydrogens is 452 g/mol. The summed E-state index contributed by atoms with van der Waals surface area (Å²) in [5.41, 5.74) is 1.93. The van der Waals surface area contributed by atoms with E-state index in [1.165, 1.54) is 0 Å². The highest BCUT2D eigenvalue weighted by atomic mass is 16.5. The van der Waals surface area contributed by atoms with Crippen molar-refractivity contribution < 1.29 is 33.2 Å². The van der Waals surface area contributed by atoms with Crippen molar-refractivity contribution in [1.82, 2.24) is 10.2 Å². The first-order valence-corrected chi connectivity index (χ1v) is 11.6. The highest BCUT2D eigenvalue weighted by Crippen LogP contribution is 2.40. The van der Waals surface area contributed by atoms with E-state index in [0.29, 0.717) is 61.3 Å².